The van der Waals surface area contributed by atoms with Gasteiger partial charge in [-0.25, -0.2) is 4.98 Å². The molecular weight excluding hydrogens is 431 g/mol. The molecule has 1 unspecified atom stereocenters. The van der Waals surface area contributed by atoms with Gasteiger partial charge >= 0.3 is 6.36 Å². The van der Waals surface area contributed by atoms with Crippen LogP contribution in [0.25, 0.3) is 11.3 Å². The molecule has 9 heteroatoms. The van der Waals surface area contributed by atoms with Crippen molar-refractivity contribution in [3.05, 3.63) is 71.2 Å². The average molecular weight is 450 g/mol. The molecule has 0 spiro atoms. The maximum Gasteiger partial charge on any atom is 0.573 e. The summed E-state index contributed by atoms with van der Waals surface area (Å²) < 4.78 is 42.7. The molecule has 0 N–H and O–H groups in total. The van der Waals surface area contributed by atoms with E-state index in [1.165, 1.54) is 12.1 Å². The first-order chi connectivity index (χ1) is 14.8. The third-order valence-electron chi connectivity index (χ3n) is 5.27. The van der Waals surface area contributed by atoms with Crippen molar-refractivity contribution in [1.29, 1.82) is 0 Å². The van der Waals surface area contributed by atoms with Crippen LogP contribution < -0.4 is 4.74 Å². The third kappa shape index (κ3) is 4.60. The van der Waals surface area contributed by atoms with Crippen molar-refractivity contribution in [2.24, 2.45) is 0 Å². The Bertz CT molecular complexity index is 1100. The Kier molecular flexibility index (Phi) is 5.77. The molecule has 31 heavy (non-hydrogen) atoms. The second-order valence-electron chi connectivity index (χ2n) is 7.44. The topological polar surface area (TPSA) is 47.4 Å². The van der Waals surface area contributed by atoms with E-state index >= 15 is 0 Å². The van der Waals surface area contributed by atoms with Gasteiger partial charge in [-0.3, -0.25) is 4.90 Å². The van der Waals surface area contributed by atoms with Gasteiger partial charge in [0.25, 0.3) is 0 Å². The SMILES string of the molecule is Cc1cc(-c2cn(CCl)cn2)cc2c1C(C=O)N(Cc1ccc(OC(F)(F)F)cc1)C2. The summed E-state index contributed by atoms with van der Waals surface area (Å²) in [6, 6.07) is 9.62. The zero-order valence-corrected chi connectivity index (χ0v) is 17.3. The van der Waals surface area contributed by atoms with E-state index in [1.54, 1.807) is 23.0 Å². The highest BCUT2D eigenvalue weighted by Gasteiger charge is 2.33. The molecule has 5 nitrogen and oxygen atoms in total. The van der Waals surface area contributed by atoms with E-state index in [-0.39, 0.29) is 5.75 Å². The largest absolute Gasteiger partial charge is 0.573 e. The Morgan fingerprint density at radius 3 is 2.61 bits per heavy atom. The minimum atomic E-state index is -4.73. The van der Waals surface area contributed by atoms with E-state index in [0.29, 0.717) is 19.1 Å². The van der Waals surface area contributed by atoms with Crippen molar-refractivity contribution in [2.45, 2.75) is 38.4 Å². The highest BCUT2D eigenvalue weighted by molar-refractivity contribution is 6.15. The number of aldehydes is 1. The second kappa shape index (κ2) is 8.36. The van der Waals surface area contributed by atoms with Gasteiger partial charge in [0.2, 0.25) is 0 Å². The number of ether oxygens (including phenoxy) is 1. The monoisotopic (exact) mass is 449 g/mol. The lowest BCUT2D eigenvalue weighted by atomic mass is 9.96. The number of benzene rings is 2. The number of carbonyl (C=O) groups excluding carboxylic acids is 1. The van der Waals surface area contributed by atoms with E-state index < -0.39 is 12.4 Å². The van der Waals surface area contributed by atoms with Gasteiger partial charge in [-0.15, -0.1) is 24.8 Å². The number of aromatic nitrogens is 2. The molecule has 3 aromatic rings. The lowest BCUT2D eigenvalue weighted by Gasteiger charge is -2.21. The van der Waals surface area contributed by atoms with Crippen molar-refractivity contribution >= 4 is 17.9 Å². The second-order valence-corrected chi connectivity index (χ2v) is 7.68. The van der Waals surface area contributed by atoms with Crippen molar-refractivity contribution < 1.29 is 22.7 Å². The Morgan fingerprint density at radius 2 is 2.00 bits per heavy atom. The first-order valence-corrected chi connectivity index (χ1v) is 10.1. The number of imidazole rings is 1. The Labute approximate surface area is 182 Å². The van der Waals surface area contributed by atoms with Crippen molar-refractivity contribution in [3.8, 4) is 17.0 Å². The van der Waals surface area contributed by atoms with Gasteiger partial charge in [-0.05, 0) is 53.4 Å². The van der Waals surface area contributed by atoms with Gasteiger partial charge in [-0.1, -0.05) is 12.1 Å². The maximum absolute atomic E-state index is 12.4. The number of carbonyl (C=O) groups is 1. The fourth-order valence-electron chi connectivity index (χ4n) is 3.99. The van der Waals surface area contributed by atoms with E-state index in [4.69, 9.17) is 11.6 Å². The first kappa shape index (κ1) is 21.4. The molecular formula is C22H19ClF3N3O2. The highest BCUT2D eigenvalue weighted by atomic mass is 35.5. The normalized spacial score (nSPS) is 16.4. The summed E-state index contributed by atoms with van der Waals surface area (Å²) >= 11 is 5.84. The molecule has 0 radical (unpaired) electrons. The summed E-state index contributed by atoms with van der Waals surface area (Å²) in [5.74, 6) is -0.273. The number of nitrogens with zero attached hydrogens (tertiary/aromatic N) is 3. The van der Waals surface area contributed by atoms with Gasteiger partial charge in [0.05, 0.1) is 24.1 Å². The molecule has 4 rings (SSSR count). The van der Waals surface area contributed by atoms with Crippen molar-refractivity contribution in [3.63, 3.8) is 0 Å². The van der Waals surface area contributed by atoms with Crippen LogP contribution >= 0.6 is 11.6 Å². The zero-order valence-electron chi connectivity index (χ0n) is 16.6. The number of hydrogen-bond donors (Lipinski definition) is 0. The number of alkyl halides is 4. The third-order valence-corrected chi connectivity index (χ3v) is 5.55. The summed E-state index contributed by atoms with van der Waals surface area (Å²) in [5.41, 5.74) is 5.51. The van der Waals surface area contributed by atoms with Crippen LogP contribution in [0.2, 0.25) is 0 Å². The molecule has 2 aromatic carbocycles. The summed E-state index contributed by atoms with van der Waals surface area (Å²) in [6.07, 6.45) is -0.294. The summed E-state index contributed by atoms with van der Waals surface area (Å²) in [5, 5.41) is 0. The first-order valence-electron chi connectivity index (χ1n) is 9.53. The number of aryl methyl sites for hydroxylation is 1. The maximum atomic E-state index is 12.4. The minimum Gasteiger partial charge on any atom is -0.406 e. The molecule has 1 atom stereocenters. The molecule has 0 saturated heterocycles. The summed E-state index contributed by atoms with van der Waals surface area (Å²) in [6.45, 7) is 2.93. The lowest BCUT2D eigenvalue weighted by molar-refractivity contribution is -0.274. The molecule has 1 aromatic heterocycles. The van der Waals surface area contributed by atoms with Gasteiger partial charge in [0.15, 0.2) is 0 Å². The molecule has 0 saturated carbocycles. The number of rotatable bonds is 6. The number of hydrogen-bond acceptors (Lipinski definition) is 4. The van der Waals surface area contributed by atoms with Crippen LogP contribution in [0.15, 0.2) is 48.9 Å². The smallest absolute Gasteiger partial charge is 0.406 e. The Balaban J connectivity index is 1.56. The Hall–Kier alpha value is -2.84. The van der Waals surface area contributed by atoms with Crippen LogP contribution in [-0.2, 0) is 23.9 Å². The number of halogens is 4. The fraction of sp³-hybridized carbons (Fsp3) is 0.273. The molecule has 0 aliphatic carbocycles. The quantitative estimate of drug-likeness (QED) is 0.383. The predicted octanol–water partition coefficient (Wildman–Crippen LogP) is 5.21. The molecule has 0 fully saturated rings. The molecule has 162 valence electrons. The van der Waals surface area contributed by atoms with Gasteiger partial charge in [-0.2, -0.15) is 0 Å². The molecule has 2 heterocycles. The summed E-state index contributed by atoms with van der Waals surface area (Å²) in [4.78, 5) is 18.3. The van der Waals surface area contributed by atoms with Crippen molar-refractivity contribution in [1.82, 2.24) is 14.5 Å². The van der Waals surface area contributed by atoms with Crippen LogP contribution in [0.1, 0.15) is 28.3 Å². The van der Waals surface area contributed by atoms with Crippen LogP contribution in [-0.4, -0.2) is 27.1 Å². The zero-order chi connectivity index (χ0) is 22.2. The van der Waals surface area contributed by atoms with E-state index in [2.05, 4.69) is 9.72 Å². The summed E-state index contributed by atoms with van der Waals surface area (Å²) in [7, 11) is 0. The highest BCUT2D eigenvalue weighted by Crippen LogP contribution is 2.38. The van der Waals surface area contributed by atoms with Gasteiger partial charge in [0.1, 0.15) is 12.0 Å². The van der Waals surface area contributed by atoms with Crippen LogP contribution in [0, 0.1) is 6.92 Å². The van der Waals surface area contributed by atoms with E-state index in [9.17, 15) is 18.0 Å². The molecule has 0 amide bonds. The van der Waals surface area contributed by atoms with Crippen molar-refractivity contribution in [2.75, 3.05) is 0 Å². The fourth-order valence-corrected chi connectivity index (χ4v) is 4.12. The standard InChI is InChI=1S/C22H19ClF3N3O2/c1-14-6-16(19-10-28(12-23)13-27-19)7-17-9-29(20(11-30)21(14)17)8-15-2-4-18(5-3-15)31-22(24,25)26/h2-7,10-11,13,20H,8-9,12H2,1H3. The van der Waals surface area contributed by atoms with E-state index in [1.807, 2.05) is 30.2 Å². The molecule has 1 aliphatic heterocycles. The van der Waals surface area contributed by atoms with Gasteiger partial charge < -0.3 is 14.1 Å². The molecule has 1 aliphatic rings. The van der Waals surface area contributed by atoms with Crippen LogP contribution in [0.5, 0.6) is 5.75 Å². The van der Waals surface area contributed by atoms with E-state index in [0.717, 1.165) is 39.8 Å². The lowest BCUT2D eigenvalue weighted by Crippen LogP contribution is -2.23. The van der Waals surface area contributed by atoms with Crippen LogP contribution in [0.3, 0.4) is 0 Å². The van der Waals surface area contributed by atoms with Gasteiger partial charge in [0, 0.05) is 24.8 Å². The molecule has 0 bridgehead atoms. The van der Waals surface area contributed by atoms with Crippen LogP contribution in [0.4, 0.5) is 13.2 Å². The predicted molar refractivity (Wildman–Crippen MR) is 109 cm³/mol. The number of fused-ring (bicyclic) bond motifs is 1. The average Bonchev–Trinajstić information content (AvgIpc) is 3.32. The Morgan fingerprint density at radius 1 is 1.26 bits per heavy atom. The minimum absolute atomic E-state index is 0.273.